The van der Waals surface area contributed by atoms with Crippen LogP contribution in [0.5, 0.6) is 5.75 Å². The summed E-state index contributed by atoms with van der Waals surface area (Å²) in [6, 6.07) is 9.06. The third kappa shape index (κ3) is 3.13. The van der Waals surface area contributed by atoms with E-state index in [-0.39, 0.29) is 11.4 Å². The summed E-state index contributed by atoms with van der Waals surface area (Å²) in [5.74, 6) is 0.544. The van der Waals surface area contributed by atoms with Crippen LogP contribution in [0.4, 0.5) is 0 Å². The lowest BCUT2D eigenvalue weighted by molar-refractivity contribution is -0.00476. The van der Waals surface area contributed by atoms with Crippen molar-refractivity contribution in [2.75, 3.05) is 7.11 Å². The fourth-order valence-corrected chi connectivity index (χ4v) is 2.64. The molecule has 0 atom stereocenters. The summed E-state index contributed by atoms with van der Waals surface area (Å²) in [7, 11) is -2.46. The number of hydrogen-bond acceptors (Lipinski definition) is 5. The van der Waals surface area contributed by atoms with Crippen LogP contribution in [-0.4, -0.2) is 30.2 Å². The Labute approximate surface area is 117 Å². The van der Waals surface area contributed by atoms with Crippen LogP contribution < -0.4 is 4.74 Å². The molecule has 2 rings (SSSR count). The average molecular weight is 294 g/mol. The molecule has 20 heavy (non-hydrogen) atoms. The highest BCUT2D eigenvalue weighted by Gasteiger charge is 2.22. The van der Waals surface area contributed by atoms with Gasteiger partial charge in [-0.1, -0.05) is 4.47 Å². The van der Waals surface area contributed by atoms with Crippen LogP contribution in [0.2, 0.25) is 0 Å². The summed E-state index contributed by atoms with van der Waals surface area (Å²) in [6.45, 7) is -0.142. The molecular weight excluding hydrogens is 280 g/mol. The molecule has 7 heteroatoms. The van der Waals surface area contributed by atoms with Crippen molar-refractivity contribution < 1.29 is 18.4 Å². The van der Waals surface area contributed by atoms with Crippen molar-refractivity contribution in [3.8, 4) is 5.75 Å². The number of hydroxylamine groups is 1. The maximum atomic E-state index is 12.2. The lowest BCUT2D eigenvalue weighted by Crippen LogP contribution is -2.27. The lowest BCUT2D eigenvalue weighted by atomic mass is 10.3. The monoisotopic (exact) mass is 294 g/mol. The molecule has 1 N–H and O–H groups in total. The van der Waals surface area contributed by atoms with E-state index >= 15 is 0 Å². The van der Waals surface area contributed by atoms with E-state index in [0.717, 1.165) is 0 Å². The molecular formula is C13H14N2O4S. The minimum atomic E-state index is -3.95. The number of hydrogen-bond donors (Lipinski definition) is 1. The SMILES string of the molecule is COc1ccc(S(=O)(=O)N(O)Cc2ccncc2)cc1. The van der Waals surface area contributed by atoms with Crippen LogP contribution >= 0.6 is 0 Å². The second-order valence-corrected chi connectivity index (χ2v) is 5.86. The Morgan fingerprint density at radius 1 is 1.15 bits per heavy atom. The number of ether oxygens (including phenoxy) is 1. The molecule has 1 aromatic heterocycles. The molecule has 0 fully saturated rings. The molecule has 0 spiro atoms. The van der Waals surface area contributed by atoms with Gasteiger partial charge in [-0.05, 0) is 42.0 Å². The topological polar surface area (TPSA) is 79.7 Å². The Morgan fingerprint density at radius 2 is 1.75 bits per heavy atom. The van der Waals surface area contributed by atoms with E-state index in [2.05, 4.69) is 4.98 Å². The number of benzene rings is 1. The summed E-state index contributed by atoms with van der Waals surface area (Å²) in [5, 5.41) is 9.80. The van der Waals surface area contributed by atoms with Gasteiger partial charge in [0, 0.05) is 12.4 Å². The standard InChI is InChI=1S/C13H14N2O4S/c1-19-12-2-4-13(5-3-12)20(17,18)15(16)10-11-6-8-14-9-7-11/h2-9,16H,10H2,1H3. The van der Waals surface area contributed by atoms with Crippen molar-refractivity contribution in [3.63, 3.8) is 0 Å². The molecule has 0 radical (unpaired) electrons. The van der Waals surface area contributed by atoms with Gasteiger partial charge in [0.1, 0.15) is 5.75 Å². The smallest absolute Gasteiger partial charge is 0.265 e. The van der Waals surface area contributed by atoms with E-state index in [0.29, 0.717) is 15.8 Å². The van der Waals surface area contributed by atoms with Crippen molar-refractivity contribution >= 4 is 10.0 Å². The number of methoxy groups -OCH3 is 1. The van der Waals surface area contributed by atoms with E-state index in [1.807, 2.05) is 0 Å². The normalized spacial score (nSPS) is 11.6. The first-order valence-electron chi connectivity index (χ1n) is 5.78. The van der Waals surface area contributed by atoms with E-state index in [1.54, 1.807) is 12.1 Å². The maximum Gasteiger partial charge on any atom is 0.265 e. The molecule has 0 saturated heterocycles. The van der Waals surface area contributed by atoms with Gasteiger partial charge in [-0.3, -0.25) is 10.2 Å². The highest BCUT2D eigenvalue weighted by molar-refractivity contribution is 7.89. The predicted molar refractivity (Wildman–Crippen MR) is 71.7 cm³/mol. The summed E-state index contributed by atoms with van der Waals surface area (Å²) in [5.41, 5.74) is 0.639. The third-order valence-corrected chi connectivity index (χ3v) is 4.25. The highest BCUT2D eigenvalue weighted by atomic mass is 32.2. The Balaban J connectivity index is 2.20. The predicted octanol–water partition coefficient (Wildman–Crippen LogP) is 1.67. The second-order valence-electron chi connectivity index (χ2n) is 4.02. The zero-order valence-corrected chi connectivity index (χ0v) is 11.6. The van der Waals surface area contributed by atoms with Gasteiger partial charge in [0.05, 0.1) is 18.6 Å². The molecule has 6 nitrogen and oxygen atoms in total. The van der Waals surface area contributed by atoms with Gasteiger partial charge in [-0.15, -0.1) is 0 Å². The van der Waals surface area contributed by atoms with Crippen LogP contribution in [0, 0.1) is 0 Å². The van der Waals surface area contributed by atoms with E-state index in [4.69, 9.17) is 4.74 Å². The zero-order chi connectivity index (χ0) is 14.6. The molecule has 2 aromatic rings. The van der Waals surface area contributed by atoms with Crippen LogP contribution in [0.25, 0.3) is 0 Å². The Hall–Kier alpha value is -1.96. The van der Waals surface area contributed by atoms with E-state index in [9.17, 15) is 13.6 Å². The van der Waals surface area contributed by atoms with Gasteiger partial charge in [-0.2, -0.15) is 0 Å². The fourth-order valence-electron chi connectivity index (χ4n) is 1.60. The van der Waals surface area contributed by atoms with Gasteiger partial charge < -0.3 is 4.74 Å². The first kappa shape index (κ1) is 14.4. The van der Waals surface area contributed by atoms with Crippen molar-refractivity contribution in [3.05, 3.63) is 54.4 Å². The molecule has 0 aliphatic heterocycles. The largest absolute Gasteiger partial charge is 0.497 e. The van der Waals surface area contributed by atoms with Crippen molar-refractivity contribution in [1.29, 1.82) is 0 Å². The molecule has 0 unspecified atom stereocenters. The van der Waals surface area contributed by atoms with Crippen molar-refractivity contribution in [1.82, 2.24) is 9.45 Å². The third-order valence-electron chi connectivity index (χ3n) is 2.70. The first-order chi connectivity index (χ1) is 9.54. The van der Waals surface area contributed by atoms with Crippen LogP contribution in [0.1, 0.15) is 5.56 Å². The Bertz CT molecular complexity index is 657. The van der Waals surface area contributed by atoms with Crippen LogP contribution in [-0.2, 0) is 16.6 Å². The minimum absolute atomic E-state index is 0.00476. The number of pyridine rings is 1. The molecule has 0 aliphatic carbocycles. The van der Waals surface area contributed by atoms with Gasteiger partial charge in [-0.25, -0.2) is 8.42 Å². The van der Waals surface area contributed by atoms with Gasteiger partial charge in [0.15, 0.2) is 0 Å². The molecule has 0 aliphatic rings. The zero-order valence-electron chi connectivity index (χ0n) is 10.8. The first-order valence-corrected chi connectivity index (χ1v) is 7.22. The lowest BCUT2D eigenvalue weighted by Gasteiger charge is -2.15. The molecule has 106 valence electrons. The van der Waals surface area contributed by atoms with Crippen molar-refractivity contribution in [2.24, 2.45) is 0 Å². The number of aromatic nitrogens is 1. The van der Waals surface area contributed by atoms with Crippen LogP contribution in [0.3, 0.4) is 0 Å². The molecule has 0 saturated carbocycles. The molecule has 1 aromatic carbocycles. The highest BCUT2D eigenvalue weighted by Crippen LogP contribution is 2.19. The summed E-state index contributed by atoms with van der Waals surface area (Å²) >= 11 is 0. The molecule has 0 bridgehead atoms. The van der Waals surface area contributed by atoms with E-state index in [1.165, 1.54) is 43.8 Å². The number of sulfonamides is 1. The Kier molecular flexibility index (Phi) is 4.33. The fraction of sp³-hybridized carbons (Fsp3) is 0.154. The second kappa shape index (κ2) is 6.00. The Morgan fingerprint density at radius 3 is 2.30 bits per heavy atom. The number of rotatable bonds is 5. The molecule has 1 heterocycles. The van der Waals surface area contributed by atoms with Gasteiger partial charge in [0.25, 0.3) is 10.0 Å². The van der Waals surface area contributed by atoms with Gasteiger partial charge in [0.2, 0.25) is 0 Å². The number of nitrogens with zero attached hydrogens (tertiary/aromatic N) is 2. The molecule has 0 amide bonds. The van der Waals surface area contributed by atoms with Crippen molar-refractivity contribution in [2.45, 2.75) is 11.4 Å². The summed E-state index contributed by atoms with van der Waals surface area (Å²) < 4.78 is 29.6. The summed E-state index contributed by atoms with van der Waals surface area (Å²) in [4.78, 5) is 3.82. The maximum absolute atomic E-state index is 12.2. The van der Waals surface area contributed by atoms with Gasteiger partial charge >= 0.3 is 0 Å². The average Bonchev–Trinajstić information content (AvgIpc) is 2.48. The summed E-state index contributed by atoms with van der Waals surface area (Å²) in [6.07, 6.45) is 3.06. The van der Waals surface area contributed by atoms with E-state index < -0.39 is 10.0 Å². The van der Waals surface area contributed by atoms with Crippen LogP contribution in [0.15, 0.2) is 53.7 Å². The minimum Gasteiger partial charge on any atom is -0.497 e. The quantitative estimate of drug-likeness (QED) is 0.849.